The fourth-order valence-electron chi connectivity index (χ4n) is 3.70. The van der Waals surface area contributed by atoms with E-state index in [1.807, 2.05) is 31.3 Å². The lowest BCUT2D eigenvalue weighted by atomic mass is 10.2. The largest absolute Gasteiger partial charge is 0.497 e. The lowest BCUT2D eigenvalue weighted by Crippen LogP contribution is -2.41. The first-order valence-electron chi connectivity index (χ1n) is 11.4. The van der Waals surface area contributed by atoms with Crippen molar-refractivity contribution in [1.29, 1.82) is 0 Å². The topological polar surface area (TPSA) is 76.8 Å². The number of halogens is 1. The van der Waals surface area contributed by atoms with Crippen LogP contribution in [-0.2, 0) is 19.4 Å². The summed E-state index contributed by atoms with van der Waals surface area (Å²) in [6, 6.07) is 7.64. The number of nitrogens with zero attached hydrogens (tertiary/aromatic N) is 5. The van der Waals surface area contributed by atoms with E-state index in [0.29, 0.717) is 6.61 Å². The van der Waals surface area contributed by atoms with E-state index in [9.17, 15) is 0 Å². The number of fused-ring (bicyclic) bond motifs is 1. The van der Waals surface area contributed by atoms with Crippen LogP contribution in [0.3, 0.4) is 0 Å². The molecule has 0 fully saturated rings. The Kier molecular flexibility index (Phi) is 11.6. The Labute approximate surface area is 208 Å². The molecule has 1 aliphatic heterocycles. The molecule has 0 spiro atoms. The van der Waals surface area contributed by atoms with Crippen LogP contribution < -0.4 is 14.8 Å². The number of methoxy groups -OCH3 is 1. The Morgan fingerprint density at radius 2 is 1.94 bits per heavy atom. The maximum atomic E-state index is 5.84. The maximum absolute atomic E-state index is 5.84. The zero-order valence-corrected chi connectivity index (χ0v) is 21.9. The summed E-state index contributed by atoms with van der Waals surface area (Å²) in [6.07, 6.45) is 6.67. The van der Waals surface area contributed by atoms with Crippen molar-refractivity contribution in [3.63, 3.8) is 0 Å². The highest BCUT2D eigenvalue weighted by Crippen LogP contribution is 2.17. The van der Waals surface area contributed by atoms with E-state index in [0.717, 1.165) is 74.5 Å². The van der Waals surface area contributed by atoms with Crippen LogP contribution in [0.1, 0.15) is 44.3 Å². The van der Waals surface area contributed by atoms with Crippen LogP contribution >= 0.6 is 24.0 Å². The minimum atomic E-state index is 0. The molecule has 2 heterocycles. The lowest BCUT2D eigenvalue weighted by Gasteiger charge is -2.22. The third kappa shape index (κ3) is 7.83. The second-order valence-electron chi connectivity index (χ2n) is 7.78. The predicted octanol–water partition coefficient (Wildman–Crippen LogP) is 3.54. The molecule has 8 nitrogen and oxygen atoms in total. The monoisotopic (exact) mass is 556 g/mol. The number of hydrogen-bond donors (Lipinski definition) is 1. The molecule has 3 rings (SSSR count). The number of hydrogen-bond acceptors (Lipinski definition) is 5. The number of rotatable bonds is 10. The van der Waals surface area contributed by atoms with E-state index in [2.05, 4.69) is 31.9 Å². The van der Waals surface area contributed by atoms with Crippen LogP contribution in [0.5, 0.6) is 11.5 Å². The number of ether oxygens (including phenoxy) is 2. The number of nitrogens with one attached hydrogen (secondary N) is 1. The van der Waals surface area contributed by atoms with Gasteiger partial charge >= 0.3 is 0 Å². The third-order valence-electron chi connectivity index (χ3n) is 5.46. The average Bonchev–Trinajstić information content (AvgIpc) is 3.01. The van der Waals surface area contributed by atoms with Crippen LogP contribution in [0.4, 0.5) is 0 Å². The van der Waals surface area contributed by atoms with Gasteiger partial charge in [-0.1, -0.05) is 6.42 Å². The molecule has 1 aliphatic rings. The normalized spacial score (nSPS) is 13.5. The highest BCUT2D eigenvalue weighted by molar-refractivity contribution is 14.0. The van der Waals surface area contributed by atoms with Crippen LogP contribution in [0.15, 0.2) is 29.3 Å². The first-order valence-corrected chi connectivity index (χ1v) is 11.4. The smallest absolute Gasteiger partial charge is 0.193 e. The van der Waals surface area contributed by atoms with Gasteiger partial charge in [0.1, 0.15) is 29.8 Å². The van der Waals surface area contributed by atoms with E-state index in [1.54, 1.807) is 7.11 Å². The molecule has 0 unspecified atom stereocenters. The molecule has 1 N–H and O–H groups in total. The Morgan fingerprint density at radius 3 is 2.69 bits per heavy atom. The zero-order valence-electron chi connectivity index (χ0n) is 19.5. The SMILES string of the molecule is CCNC(=NCCCc1nnc2n1CCCCC2)N(C)CCOc1ccc(OC)cc1.I. The van der Waals surface area contributed by atoms with Gasteiger partial charge in [-0.05, 0) is 50.5 Å². The molecule has 2 aromatic rings. The Hall–Kier alpha value is -2.04. The van der Waals surface area contributed by atoms with Crippen LogP contribution in [-0.4, -0.2) is 66.0 Å². The van der Waals surface area contributed by atoms with Gasteiger partial charge in [-0.25, -0.2) is 0 Å². The molecule has 0 saturated heterocycles. The van der Waals surface area contributed by atoms with Crippen molar-refractivity contribution in [2.75, 3.05) is 40.4 Å². The summed E-state index contributed by atoms with van der Waals surface area (Å²) in [5.74, 6) is 4.83. The van der Waals surface area contributed by atoms with Gasteiger partial charge in [0, 0.05) is 39.5 Å². The number of benzene rings is 1. The summed E-state index contributed by atoms with van der Waals surface area (Å²) in [6.45, 7) is 6.06. The number of aromatic nitrogens is 3. The second-order valence-corrected chi connectivity index (χ2v) is 7.78. The van der Waals surface area contributed by atoms with Crippen molar-refractivity contribution in [2.24, 2.45) is 4.99 Å². The van der Waals surface area contributed by atoms with Gasteiger partial charge in [0.2, 0.25) is 0 Å². The molecule has 1 aromatic heterocycles. The number of aryl methyl sites for hydroxylation is 2. The molecule has 0 aliphatic carbocycles. The lowest BCUT2D eigenvalue weighted by molar-refractivity contribution is 0.281. The van der Waals surface area contributed by atoms with Gasteiger partial charge < -0.3 is 24.3 Å². The highest BCUT2D eigenvalue weighted by Gasteiger charge is 2.14. The van der Waals surface area contributed by atoms with Gasteiger partial charge in [-0.3, -0.25) is 4.99 Å². The molecule has 0 bridgehead atoms. The van der Waals surface area contributed by atoms with E-state index in [-0.39, 0.29) is 24.0 Å². The van der Waals surface area contributed by atoms with E-state index in [4.69, 9.17) is 14.5 Å². The second kappa shape index (κ2) is 14.2. The van der Waals surface area contributed by atoms with Gasteiger partial charge in [0.05, 0.1) is 13.7 Å². The van der Waals surface area contributed by atoms with E-state index < -0.39 is 0 Å². The molecule has 178 valence electrons. The van der Waals surface area contributed by atoms with Crippen LogP contribution in [0.2, 0.25) is 0 Å². The molecule has 9 heteroatoms. The number of aliphatic imine (C=N–C) groups is 1. The van der Waals surface area contributed by atoms with Crippen molar-refractivity contribution in [3.8, 4) is 11.5 Å². The minimum Gasteiger partial charge on any atom is -0.497 e. The van der Waals surface area contributed by atoms with Crippen molar-refractivity contribution >= 4 is 29.9 Å². The predicted molar refractivity (Wildman–Crippen MR) is 138 cm³/mol. The minimum absolute atomic E-state index is 0. The molecule has 0 amide bonds. The fraction of sp³-hybridized carbons (Fsp3) is 0.609. The molecule has 0 atom stereocenters. The Morgan fingerprint density at radius 1 is 1.16 bits per heavy atom. The van der Waals surface area contributed by atoms with Crippen LogP contribution in [0.25, 0.3) is 0 Å². The van der Waals surface area contributed by atoms with Crippen LogP contribution in [0, 0.1) is 0 Å². The molecule has 32 heavy (non-hydrogen) atoms. The highest BCUT2D eigenvalue weighted by atomic mass is 127. The van der Waals surface area contributed by atoms with Gasteiger partial charge in [0.25, 0.3) is 0 Å². The molecule has 0 radical (unpaired) electrons. The Bertz CT molecular complexity index is 824. The summed E-state index contributed by atoms with van der Waals surface area (Å²) in [5, 5.41) is 12.2. The zero-order chi connectivity index (χ0) is 21.9. The Balaban J connectivity index is 0.00000363. The third-order valence-corrected chi connectivity index (χ3v) is 5.46. The first-order chi connectivity index (χ1) is 15.2. The average molecular weight is 556 g/mol. The number of guanidine groups is 1. The molecular formula is C23H37IN6O2. The van der Waals surface area contributed by atoms with Gasteiger partial charge in [0.15, 0.2) is 5.96 Å². The summed E-state index contributed by atoms with van der Waals surface area (Å²) in [5.41, 5.74) is 0. The molecular weight excluding hydrogens is 519 g/mol. The quantitative estimate of drug-likeness (QED) is 0.209. The standard InChI is InChI=1S/C23H36N6O2.HI/c1-4-24-23(28(2)17-18-31-20-13-11-19(30-3)12-14-20)25-15-8-10-22-27-26-21-9-6-5-7-16-29(21)22;/h11-14H,4-10,15-18H2,1-3H3,(H,24,25);1H. The maximum Gasteiger partial charge on any atom is 0.193 e. The molecule has 1 aromatic carbocycles. The molecule has 0 saturated carbocycles. The van der Waals surface area contributed by atoms with Crippen molar-refractivity contribution in [2.45, 2.75) is 52.0 Å². The number of likely N-dealkylation sites (N-methyl/N-ethyl adjacent to an activating group) is 1. The van der Waals surface area contributed by atoms with Gasteiger partial charge in [-0.2, -0.15) is 0 Å². The summed E-state index contributed by atoms with van der Waals surface area (Å²) >= 11 is 0. The van der Waals surface area contributed by atoms with Crippen molar-refractivity contribution in [3.05, 3.63) is 35.9 Å². The van der Waals surface area contributed by atoms with Crippen molar-refractivity contribution < 1.29 is 9.47 Å². The van der Waals surface area contributed by atoms with E-state index >= 15 is 0 Å². The van der Waals surface area contributed by atoms with Crippen molar-refractivity contribution in [1.82, 2.24) is 25.0 Å². The first kappa shape index (κ1) is 26.2. The van der Waals surface area contributed by atoms with Gasteiger partial charge in [-0.15, -0.1) is 34.2 Å². The van der Waals surface area contributed by atoms with E-state index in [1.165, 1.54) is 19.3 Å². The summed E-state index contributed by atoms with van der Waals surface area (Å²) in [7, 11) is 3.70. The summed E-state index contributed by atoms with van der Waals surface area (Å²) < 4.78 is 13.3. The summed E-state index contributed by atoms with van der Waals surface area (Å²) in [4.78, 5) is 6.90. The fourth-order valence-corrected chi connectivity index (χ4v) is 3.70.